The monoisotopic (exact) mass is 293 g/mol. The molecule has 0 amide bonds. The number of Topliss-reactive ketones (excluding diaryl/α,β-unsaturated/α-hetero) is 1. The van der Waals surface area contributed by atoms with E-state index in [-0.39, 0.29) is 10.9 Å². The Morgan fingerprint density at radius 1 is 1.35 bits per heavy atom. The summed E-state index contributed by atoms with van der Waals surface area (Å²) in [5.41, 5.74) is -0.306. The van der Waals surface area contributed by atoms with E-state index < -0.39 is 5.60 Å². The number of benzene rings is 1. The summed E-state index contributed by atoms with van der Waals surface area (Å²) in [5.74, 6) is 0.461. The number of aliphatic hydroxyl groups is 1. The number of aromatic nitrogens is 2. The minimum Gasteiger partial charge on any atom is -0.389 e. The fraction of sp³-hybridized carbons (Fsp3) is 0.357. The Bertz CT molecular complexity index is 665. The van der Waals surface area contributed by atoms with Crippen LogP contribution in [0.25, 0.3) is 10.8 Å². The Kier molecular flexibility index (Phi) is 3.92. The predicted molar refractivity (Wildman–Crippen MR) is 79.3 cm³/mol. The molecule has 0 radical (unpaired) electrons. The molecule has 1 aromatic carbocycles. The molecule has 0 bridgehead atoms. The van der Waals surface area contributed by atoms with Gasteiger partial charge in [-0.05, 0) is 26.8 Å². The zero-order chi connectivity index (χ0) is 14.9. The average molecular weight is 294 g/mol. The van der Waals surface area contributed by atoms with Crippen LogP contribution in [0.3, 0.4) is 0 Å². The van der Waals surface area contributed by atoms with Crippen molar-refractivity contribution in [3.8, 4) is 0 Å². The number of rotatable bonds is 4. The van der Waals surface area contributed by atoms with Crippen LogP contribution in [-0.2, 0) is 0 Å². The molecule has 2 aromatic rings. The lowest BCUT2D eigenvalue weighted by Crippen LogP contribution is -2.29. The predicted octanol–water partition coefficient (Wildman–Crippen LogP) is 2.67. The SMILES string of the molecule is CC(=O)c1ccc2c(Cl)nnc(NCC(C)(C)O)c2c1. The van der Waals surface area contributed by atoms with Crippen molar-refractivity contribution in [2.45, 2.75) is 26.4 Å². The minimum absolute atomic E-state index is 0.0340. The van der Waals surface area contributed by atoms with Crippen molar-refractivity contribution in [2.24, 2.45) is 0 Å². The molecule has 20 heavy (non-hydrogen) atoms. The van der Waals surface area contributed by atoms with Gasteiger partial charge in [0.15, 0.2) is 16.8 Å². The molecule has 0 unspecified atom stereocenters. The van der Waals surface area contributed by atoms with Crippen molar-refractivity contribution in [1.29, 1.82) is 0 Å². The van der Waals surface area contributed by atoms with E-state index >= 15 is 0 Å². The van der Waals surface area contributed by atoms with E-state index in [0.717, 1.165) is 0 Å². The number of carbonyl (C=O) groups is 1. The summed E-state index contributed by atoms with van der Waals surface area (Å²) in [6.07, 6.45) is 0. The molecule has 0 spiro atoms. The Hall–Kier alpha value is -1.72. The highest BCUT2D eigenvalue weighted by molar-refractivity contribution is 6.34. The summed E-state index contributed by atoms with van der Waals surface area (Å²) in [6.45, 7) is 5.18. The molecule has 2 rings (SSSR count). The quantitative estimate of drug-likeness (QED) is 0.848. The smallest absolute Gasteiger partial charge is 0.159 e. The van der Waals surface area contributed by atoms with Crippen molar-refractivity contribution in [3.05, 3.63) is 28.9 Å². The van der Waals surface area contributed by atoms with Crippen LogP contribution in [-0.4, -0.2) is 33.2 Å². The fourth-order valence-electron chi connectivity index (χ4n) is 1.77. The van der Waals surface area contributed by atoms with E-state index in [0.29, 0.717) is 28.7 Å². The number of anilines is 1. The van der Waals surface area contributed by atoms with Gasteiger partial charge in [0.2, 0.25) is 0 Å². The first-order valence-corrected chi connectivity index (χ1v) is 6.59. The van der Waals surface area contributed by atoms with Gasteiger partial charge in [0, 0.05) is 22.9 Å². The lowest BCUT2D eigenvalue weighted by molar-refractivity contribution is 0.0943. The molecule has 6 heteroatoms. The lowest BCUT2D eigenvalue weighted by Gasteiger charge is -2.18. The van der Waals surface area contributed by atoms with Crippen molar-refractivity contribution >= 4 is 34.0 Å². The Morgan fingerprint density at radius 2 is 2.05 bits per heavy atom. The van der Waals surface area contributed by atoms with Crippen LogP contribution in [0.5, 0.6) is 0 Å². The Labute approximate surface area is 122 Å². The van der Waals surface area contributed by atoms with Crippen LogP contribution in [0.2, 0.25) is 5.15 Å². The fourth-order valence-corrected chi connectivity index (χ4v) is 1.97. The standard InChI is InChI=1S/C14H16ClN3O2/c1-8(19)9-4-5-10-11(6-9)13(18-17-12(10)15)16-7-14(2,3)20/h4-6,20H,7H2,1-3H3,(H,16,18). The molecule has 1 heterocycles. The van der Waals surface area contributed by atoms with E-state index in [1.807, 2.05) is 0 Å². The number of nitrogens with one attached hydrogen (secondary N) is 1. The zero-order valence-corrected chi connectivity index (χ0v) is 12.3. The number of ketones is 1. The van der Waals surface area contributed by atoms with E-state index in [1.54, 1.807) is 32.0 Å². The first kappa shape index (κ1) is 14.7. The lowest BCUT2D eigenvalue weighted by atomic mass is 10.1. The summed E-state index contributed by atoms with van der Waals surface area (Å²) in [5, 5.41) is 22.4. The second-order valence-corrected chi connectivity index (χ2v) is 5.68. The minimum atomic E-state index is -0.883. The van der Waals surface area contributed by atoms with Crippen molar-refractivity contribution in [2.75, 3.05) is 11.9 Å². The first-order valence-electron chi connectivity index (χ1n) is 6.21. The largest absolute Gasteiger partial charge is 0.389 e. The second kappa shape index (κ2) is 5.34. The summed E-state index contributed by atoms with van der Waals surface area (Å²) >= 11 is 6.02. The van der Waals surface area contributed by atoms with E-state index in [9.17, 15) is 9.90 Å². The summed E-state index contributed by atoms with van der Waals surface area (Å²) in [7, 11) is 0. The van der Waals surface area contributed by atoms with Gasteiger partial charge in [0.05, 0.1) is 5.60 Å². The Balaban J connectivity index is 2.51. The van der Waals surface area contributed by atoms with Crippen LogP contribution in [0.15, 0.2) is 18.2 Å². The second-order valence-electron chi connectivity index (χ2n) is 5.32. The van der Waals surface area contributed by atoms with Gasteiger partial charge in [-0.15, -0.1) is 10.2 Å². The number of nitrogens with zero attached hydrogens (tertiary/aromatic N) is 2. The highest BCUT2D eigenvalue weighted by Gasteiger charge is 2.15. The molecule has 0 saturated carbocycles. The van der Waals surface area contributed by atoms with Crippen molar-refractivity contribution in [3.63, 3.8) is 0 Å². The number of hydrogen-bond donors (Lipinski definition) is 2. The summed E-state index contributed by atoms with van der Waals surface area (Å²) in [4.78, 5) is 11.5. The summed E-state index contributed by atoms with van der Waals surface area (Å²) in [6, 6.07) is 5.18. The number of halogens is 1. The molecular formula is C14H16ClN3O2. The highest BCUT2D eigenvalue weighted by Crippen LogP contribution is 2.27. The molecule has 0 fully saturated rings. The zero-order valence-electron chi connectivity index (χ0n) is 11.6. The number of carbonyl (C=O) groups excluding carboxylic acids is 1. The molecular weight excluding hydrogens is 278 g/mol. The van der Waals surface area contributed by atoms with Crippen LogP contribution in [0, 0.1) is 0 Å². The average Bonchev–Trinajstić information content (AvgIpc) is 2.36. The van der Waals surface area contributed by atoms with Crippen LogP contribution < -0.4 is 5.32 Å². The molecule has 0 aliphatic carbocycles. The topological polar surface area (TPSA) is 75.1 Å². The van der Waals surface area contributed by atoms with Gasteiger partial charge in [-0.2, -0.15) is 0 Å². The van der Waals surface area contributed by atoms with Gasteiger partial charge in [-0.3, -0.25) is 4.79 Å². The molecule has 5 nitrogen and oxygen atoms in total. The number of fused-ring (bicyclic) bond motifs is 1. The third-order valence-corrected chi connectivity index (χ3v) is 3.11. The third kappa shape index (κ3) is 3.23. The van der Waals surface area contributed by atoms with E-state index in [2.05, 4.69) is 15.5 Å². The summed E-state index contributed by atoms with van der Waals surface area (Å²) < 4.78 is 0. The van der Waals surface area contributed by atoms with Crippen LogP contribution >= 0.6 is 11.6 Å². The van der Waals surface area contributed by atoms with Gasteiger partial charge in [0.25, 0.3) is 0 Å². The van der Waals surface area contributed by atoms with Crippen LogP contribution in [0.1, 0.15) is 31.1 Å². The molecule has 0 saturated heterocycles. The van der Waals surface area contributed by atoms with Crippen molar-refractivity contribution < 1.29 is 9.90 Å². The molecule has 0 aliphatic rings. The van der Waals surface area contributed by atoms with Gasteiger partial charge in [0.1, 0.15) is 0 Å². The molecule has 0 atom stereocenters. The molecule has 0 aliphatic heterocycles. The normalized spacial score (nSPS) is 11.7. The van der Waals surface area contributed by atoms with Gasteiger partial charge in [-0.1, -0.05) is 23.7 Å². The maximum atomic E-state index is 11.5. The highest BCUT2D eigenvalue weighted by atomic mass is 35.5. The van der Waals surface area contributed by atoms with E-state index in [4.69, 9.17) is 11.6 Å². The maximum absolute atomic E-state index is 11.5. The molecule has 106 valence electrons. The van der Waals surface area contributed by atoms with Gasteiger partial charge >= 0.3 is 0 Å². The molecule has 2 N–H and O–H groups in total. The third-order valence-electron chi connectivity index (χ3n) is 2.83. The molecule has 1 aromatic heterocycles. The van der Waals surface area contributed by atoms with E-state index in [1.165, 1.54) is 6.92 Å². The maximum Gasteiger partial charge on any atom is 0.159 e. The van der Waals surface area contributed by atoms with Crippen molar-refractivity contribution in [1.82, 2.24) is 10.2 Å². The van der Waals surface area contributed by atoms with Gasteiger partial charge < -0.3 is 10.4 Å². The Morgan fingerprint density at radius 3 is 2.65 bits per heavy atom. The first-order chi connectivity index (χ1) is 9.28. The number of hydrogen-bond acceptors (Lipinski definition) is 5. The van der Waals surface area contributed by atoms with Crippen LogP contribution in [0.4, 0.5) is 5.82 Å². The van der Waals surface area contributed by atoms with Gasteiger partial charge in [-0.25, -0.2) is 0 Å².